The largest absolute Gasteiger partial charge is 0.399 e. The number of rotatable bonds is 9. The fraction of sp³-hybridized carbons (Fsp3) is 0.129. The maximum atomic E-state index is 14.4. The predicted octanol–water partition coefficient (Wildman–Crippen LogP) is 7.36. The van der Waals surface area contributed by atoms with Crippen LogP contribution in [0, 0.1) is 0 Å². The van der Waals surface area contributed by atoms with Crippen molar-refractivity contribution in [1.29, 1.82) is 0 Å². The highest BCUT2D eigenvalue weighted by Gasteiger charge is 2.50. The molecule has 2 aromatic heterocycles. The molecule has 0 fully saturated rings. The van der Waals surface area contributed by atoms with Crippen molar-refractivity contribution in [3.8, 4) is 0 Å². The maximum Gasteiger partial charge on any atom is 0.399 e. The molecular weight excluding hydrogens is 577 g/mol. The fourth-order valence-corrected chi connectivity index (χ4v) is 6.66. The highest BCUT2D eigenvalue weighted by molar-refractivity contribution is 7.52. The Morgan fingerprint density at radius 2 is 1.52 bits per heavy atom. The van der Waals surface area contributed by atoms with E-state index in [-0.39, 0.29) is 0 Å². The van der Waals surface area contributed by atoms with Gasteiger partial charge >= 0.3 is 13.3 Å². The van der Waals surface area contributed by atoms with E-state index in [2.05, 4.69) is 10.3 Å². The summed E-state index contributed by atoms with van der Waals surface area (Å²) in [5.41, 5.74) is -1.97. The number of thiazole rings is 1. The van der Waals surface area contributed by atoms with Gasteiger partial charge in [-0.3, -0.25) is 4.57 Å². The molecule has 1 atom stereocenters. The molecule has 11 heteroatoms. The SMILES string of the molecule is O=P(O)(O)C(F)(F)c1ccc(CC(C/C=C/c2ccccc2)(c2nc3ccccc3s2)n2nnc3ccccc32)cc1. The van der Waals surface area contributed by atoms with Crippen LogP contribution in [0.3, 0.4) is 0 Å². The first kappa shape index (κ1) is 28.1. The number of benzene rings is 4. The lowest BCUT2D eigenvalue weighted by atomic mass is 9.87. The van der Waals surface area contributed by atoms with Crippen LogP contribution >= 0.6 is 18.9 Å². The van der Waals surface area contributed by atoms with Gasteiger partial charge in [0, 0.05) is 12.0 Å². The maximum absolute atomic E-state index is 14.4. The highest BCUT2D eigenvalue weighted by atomic mass is 32.1. The highest BCUT2D eigenvalue weighted by Crippen LogP contribution is 2.59. The summed E-state index contributed by atoms with van der Waals surface area (Å²) in [6.07, 6.45) is 4.80. The molecule has 0 amide bonds. The first-order chi connectivity index (χ1) is 20.2. The summed E-state index contributed by atoms with van der Waals surface area (Å²) in [7, 11) is -5.70. The van der Waals surface area contributed by atoms with Gasteiger partial charge in [0.25, 0.3) is 0 Å². The number of alkyl halides is 2. The van der Waals surface area contributed by atoms with Gasteiger partial charge in [0.15, 0.2) is 0 Å². The van der Waals surface area contributed by atoms with Crippen molar-refractivity contribution in [2.45, 2.75) is 24.0 Å². The Morgan fingerprint density at radius 3 is 2.24 bits per heavy atom. The van der Waals surface area contributed by atoms with Gasteiger partial charge in [-0.15, -0.1) is 16.4 Å². The predicted molar refractivity (Wildman–Crippen MR) is 160 cm³/mol. The number of para-hydroxylation sites is 2. The van der Waals surface area contributed by atoms with Crippen LogP contribution in [0.25, 0.3) is 27.3 Å². The van der Waals surface area contributed by atoms with E-state index in [1.54, 1.807) is 0 Å². The topological polar surface area (TPSA) is 101 Å². The zero-order valence-electron chi connectivity index (χ0n) is 22.1. The van der Waals surface area contributed by atoms with Crippen LogP contribution in [0.5, 0.6) is 0 Å². The van der Waals surface area contributed by atoms with E-state index < -0.39 is 24.4 Å². The molecule has 4 aromatic carbocycles. The Morgan fingerprint density at radius 1 is 0.857 bits per heavy atom. The van der Waals surface area contributed by atoms with Crippen LogP contribution in [0.4, 0.5) is 8.78 Å². The van der Waals surface area contributed by atoms with Crippen molar-refractivity contribution in [2.75, 3.05) is 0 Å². The summed E-state index contributed by atoms with van der Waals surface area (Å²) in [5, 5.41) is 9.79. The first-order valence-electron chi connectivity index (χ1n) is 13.1. The van der Waals surface area contributed by atoms with Gasteiger partial charge in [-0.1, -0.05) is 96.2 Å². The Labute approximate surface area is 244 Å². The number of halogens is 2. The second-order valence-corrected chi connectivity index (χ2v) is 12.7. The molecule has 0 aliphatic heterocycles. The monoisotopic (exact) mass is 602 g/mol. The van der Waals surface area contributed by atoms with E-state index in [1.807, 2.05) is 95.7 Å². The molecule has 0 spiro atoms. The molecule has 0 saturated heterocycles. The van der Waals surface area contributed by atoms with Gasteiger partial charge in [-0.2, -0.15) is 8.78 Å². The molecule has 6 aromatic rings. The van der Waals surface area contributed by atoms with E-state index in [9.17, 15) is 23.1 Å². The molecule has 0 saturated carbocycles. The van der Waals surface area contributed by atoms with E-state index >= 15 is 0 Å². The van der Waals surface area contributed by atoms with Crippen LogP contribution in [0.1, 0.15) is 28.1 Å². The Kier molecular flexibility index (Phi) is 7.32. The van der Waals surface area contributed by atoms with Crippen LogP contribution in [-0.4, -0.2) is 29.8 Å². The van der Waals surface area contributed by atoms with Crippen LogP contribution in [0.15, 0.2) is 109 Å². The van der Waals surface area contributed by atoms with Crippen molar-refractivity contribution >= 4 is 46.3 Å². The third kappa shape index (κ3) is 5.18. The molecule has 7 nitrogen and oxygen atoms in total. The van der Waals surface area contributed by atoms with E-state index in [0.29, 0.717) is 23.9 Å². The van der Waals surface area contributed by atoms with Crippen molar-refractivity contribution < 1.29 is 23.1 Å². The normalized spacial score (nSPS) is 14.1. The number of aromatic nitrogens is 4. The molecular formula is C31H25F2N4O3PS. The van der Waals surface area contributed by atoms with E-state index in [4.69, 9.17) is 4.98 Å². The van der Waals surface area contributed by atoms with Crippen molar-refractivity contribution in [3.63, 3.8) is 0 Å². The molecule has 0 radical (unpaired) electrons. The zero-order valence-corrected chi connectivity index (χ0v) is 23.8. The van der Waals surface area contributed by atoms with Gasteiger partial charge in [-0.25, -0.2) is 9.67 Å². The summed E-state index contributed by atoms with van der Waals surface area (Å²) in [5.74, 6) is 0. The van der Waals surface area contributed by atoms with Crippen LogP contribution < -0.4 is 0 Å². The van der Waals surface area contributed by atoms with Gasteiger partial charge in [0.1, 0.15) is 16.1 Å². The summed E-state index contributed by atoms with van der Waals surface area (Å²) in [4.78, 5) is 23.5. The number of fused-ring (bicyclic) bond motifs is 2. The lowest BCUT2D eigenvalue weighted by Gasteiger charge is -2.32. The smallest absolute Gasteiger partial charge is 0.320 e. The zero-order chi connectivity index (χ0) is 29.4. The molecule has 1 unspecified atom stereocenters. The van der Waals surface area contributed by atoms with Crippen molar-refractivity contribution in [1.82, 2.24) is 20.0 Å². The second kappa shape index (κ2) is 11.0. The molecule has 42 heavy (non-hydrogen) atoms. The number of nitrogens with zero attached hydrogens (tertiary/aromatic N) is 4. The van der Waals surface area contributed by atoms with Gasteiger partial charge in [0.05, 0.1) is 15.7 Å². The number of hydrogen-bond acceptors (Lipinski definition) is 5. The minimum atomic E-state index is -5.70. The lowest BCUT2D eigenvalue weighted by molar-refractivity contribution is 0.0564. The minimum absolute atomic E-state index is 0.293. The fourth-order valence-electron chi connectivity index (χ4n) is 5.03. The summed E-state index contributed by atoms with van der Waals surface area (Å²) >= 11 is 1.53. The van der Waals surface area contributed by atoms with Crippen LogP contribution in [0.2, 0.25) is 0 Å². The molecule has 6 rings (SSSR count). The molecule has 0 aliphatic rings. The quantitative estimate of drug-likeness (QED) is 0.168. The molecule has 0 aliphatic carbocycles. The average Bonchev–Trinajstić information content (AvgIpc) is 3.62. The Hall–Kier alpha value is -4.08. The van der Waals surface area contributed by atoms with E-state index in [0.717, 1.165) is 38.4 Å². The third-order valence-corrected chi connectivity index (χ3v) is 9.40. The second-order valence-electron chi connectivity index (χ2n) is 9.98. The number of hydrogen-bond donors (Lipinski definition) is 2. The van der Waals surface area contributed by atoms with Crippen molar-refractivity contribution in [2.24, 2.45) is 0 Å². The summed E-state index contributed by atoms with van der Waals surface area (Å²) < 4.78 is 43.2. The van der Waals surface area contributed by atoms with Gasteiger partial charge in [-0.05, 0) is 41.8 Å². The third-order valence-electron chi connectivity index (χ3n) is 7.18. The molecule has 212 valence electrons. The minimum Gasteiger partial charge on any atom is -0.320 e. The van der Waals surface area contributed by atoms with E-state index in [1.165, 1.54) is 23.5 Å². The van der Waals surface area contributed by atoms with Crippen molar-refractivity contribution in [3.05, 3.63) is 131 Å². The molecule has 2 N–H and O–H groups in total. The summed E-state index contributed by atoms with van der Waals surface area (Å²) in [6.45, 7) is 0. The van der Waals surface area contributed by atoms with Gasteiger partial charge < -0.3 is 9.79 Å². The summed E-state index contributed by atoms with van der Waals surface area (Å²) in [6, 6.07) is 30.4. The van der Waals surface area contributed by atoms with Crippen LogP contribution in [-0.2, 0) is 22.2 Å². The Balaban J connectivity index is 1.53. The molecule has 0 bridgehead atoms. The lowest BCUT2D eigenvalue weighted by Crippen LogP contribution is -2.38. The van der Waals surface area contributed by atoms with Gasteiger partial charge in [0.2, 0.25) is 0 Å². The Bertz CT molecular complexity index is 1900. The molecule has 2 heterocycles. The number of allylic oxidation sites excluding steroid dienone is 1. The average molecular weight is 603 g/mol. The first-order valence-corrected chi connectivity index (χ1v) is 15.5. The standard InChI is InChI=1S/C31H25F2N4O3PS/c32-31(33,41(38,39)40)24-18-16-23(17-19-24)21-30(20-8-11-22-9-2-1-3-10-22,29-34-26-13-5-7-15-28(26)42-29)37-27-14-6-4-12-25(27)35-36-37/h1-19H,20-21H2,(H2,38,39,40)/b11-8+.